The first kappa shape index (κ1) is 7.37. The van der Waals surface area contributed by atoms with Crippen molar-refractivity contribution < 1.29 is 5.11 Å². The minimum Gasteiger partial charge on any atom is -0.382 e. The minimum absolute atomic E-state index is 0.140. The number of aliphatic hydroxyl groups is 1. The summed E-state index contributed by atoms with van der Waals surface area (Å²) in [4.78, 5) is 9.90. The van der Waals surface area contributed by atoms with Crippen LogP contribution in [0.4, 0.5) is 0 Å². The second-order valence-corrected chi connectivity index (χ2v) is 4.10. The first-order valence-electron chi connectivity index (χ1n) is 2.56. The van der Waals surface area contributed by atoms with Gasteiger partial charge >= 0.3 is 0 Å². The van der Waals surface area contributed by atoms with E-state index in [0.717, 1.165) is 0 Å². The van der Waals surface area contributed by atoms with Crippen LogP contribution in [0.3, 0.4) is 0 Å². The van der Waals surface area contributed by atoms with Crippen molar-refractivity contribution in [3.05, 3.63) is 4.91 Å². The summed E-state index contributed by atoms with van der Waals surface area (Å²) in [6, 6.07) is 0. The third kappa shape index (κ3) is 2.15. The molecule has 0 aromatic rings. The van der Waals surface area contributed by atoms with Gasteiger partial charge in [-0.2, -0.15) is 0 Å². The molecule has 1 saturated heterocycles. The summed E-state index contributed by atoms with van der Waals surface area (Å²) >= 11 is 2.81. The SMILES string of the molecule is O=NC1CSC(O)CS1. The largest absolute Gasteiger partial charge is 0.382 e. The zero-order valence-electron chi connectivity index (χ0n) is 4.69. The molecule has 0 radical (unpaired) electrons. The fraction of sp³-hybridized carbons (Fsp3) is 1.00. The van der Waals surface area contributed by atoms with Crippen molar-refractivity contribution in [2.75, 3.05) is 11.5 Å². The second-order valence-electron chi connectivity index (χ2n) is 1.68. The molecule has 1 aliphatic rings. The summed E-state index contributed by atoms with van der Waals surface area (Å²) in [5.41, 5.74) is -0.298. The van der Waals surface area contributed by atoms with E-state index in [9.17, 15) is 4.91 Å². The van der Waals surface area contributed by atoms with Crippen LogP contribution in [-0.2, 0) is 0 Å². The van der Waals surface area contributed by atoms with E-state index in [0.29, 0.717) is 11.5 Å². The second kappa shape index (κ2) is 3.43. The highest BCUT2D eigenvalue weighted by Crippen LogP contribution is 2.28. The van der Waals surface area contributed by atoms with Crippen molar-refractivity contribution in [1.29, 1.82) is 0 Å². The van der Waals surface area contributed by atoms with Gasteiger partial charge in [-0.05, 0) is 0 Å². The molecule has 1 N–H and O–H groups in total. The molecular weight excluding hydrogens is 158 g/mol. The monoisotopic (exact) mass is 165 g/mol. The van der Waals surface area contributed by atoms with Crippen LogP contribution in [0.1, 0.15) is 0 Å². The molecule has 1 aliphatic heterocycles. The number of nitrogens with zero attached hydrogens (tertiary/aromatic N) is 1. The van der Waals surface area contributed by atoms with Crippen LogP contribution in [0.2, 0.25) is 0 Å². The lowest BCUT2D eigenvalue weighted by atomic mass is 10.8. The fourth-order valence-electron chi connectivity index (χ4n) is 0.544. The van der Waals surface area contributed by atoms with Gasteiger partial charge in [0.05, 0.1) is 0 Å². The lowest BCUT2D eigenvalue weighted by Gasteiger charge is -2.18. The Kier molecular flexibility index (Phi) is 2.81. The summed E-state index contributed by atoms with van der Waals surface area (Å²) < 4.78 is 0. The van der Waals surface area contributed by atoms with E-state index in [4.69, 9.17) is 5.11 Å². The molecule has 2 unspecified atom stereocenters. The predicted octanol–water partition coefficient (Wildman–Crippen LogP) is 0.877. The molecule has 1 rings (SSSR count). The standard InChI is InChI=1S/C4H7NO2S2/c6-4-2-8-3(5-7)1-9-4/h3-4,6H,1-2H2. The Balaban J connectivity index is 2.26. The van der Waals surface area contributed by atoms with Gasteiger partial charge in [0.25, 0.3) is 0 Å². The highest BCUT2D eigenvalue weighted by molar-refractivity contribution is 8.06. The first-order chi connectivity index (χ1) is 4.33. The molecule has 3 nitrogen and oxygen atoms in total. The van der Waals surface area contributed by atoms with Crippen molar-refractivity contribution in [1.82, 2.24) is 0 Å². The molecule has 0 aromatic heterocycles. The Morgan fingerprint density at radius 1 is 1.44 bits per heavy atom. The zero-order chi connectivity index (χ0) is 6.69. The Hall–Kier alpha value is 0.260. The van der Waals surface area contributed by atoms with Gasteiger partial charge < -0.3 is 5.11 Å². The summed E-state index contributed by atoms with van der Waals surface area (Å²) in [6.07, 6.45) is 0. The average Bonchev–Trinajstić information content (AvgIpc) is 1.90. The topological polar surface area (TPSA) is 49.7 Å². The van der Waals surface area contributed by atoms with Crippen molar-refractivity contribution >= 4 is 23.5 Å². The van der Waals surface area contributed by atoms with E-state index in [-0.39, 0.29) is 10.8 Å². The highest BCUT2D eigenvalue weighted by Gasteiger charge is 2.20. The van der Waals surface area contributed by atoms with E-state index in [1.165, 1.54) is 23.5 Å². The van der Waals surface area contributed by atoms with Crippen LogP contribution in [0.15, 0.2) is 5.18 Å². The lowest BCUT2D eigenvalue weighted by molar-refractivity contribution is 0.287. The molecule has 1 fully saturated rings. The number of hydrogen-bond donors (Lipinski definition) is 1. The number of hydrogen-bond acceptors (Lipinski definition) is 5. The van der Waals surface area contributed by atoms with E-state index in [2.05, 4.69) is 5.18 Å². The maximum atomic E-state index is 9.90. The van der Waals surface area contributed by atoms with Gasteiger partial charge in [0.15, 0.2) is 0 Å². The summed E-state index contributed by atoms with van der Waals surface area (Å²) in [6.45, 7) is 0. The van der Waals surface area contributed by atoms with Crippen molar-refractivity contribution in [3.8, 4) is 0 Å². The van der Waals surface area contributed by atoms with Crippen LogP contribution in [0, 0.1) is 4.91 Å². The third-order valence-corrected chi connectivity index (χ3v) is 3.61. The van der Waals surface area contributed by atoms with Crippen LogP contribution in [0.5, 0.6) is 0 Å². The molecule has 9 heavy (non-hydrogen) atoms. The summed E-state index contributed by atoms with van der Waals surface area (Å²) in [5, 5.41) is 11.6. The molecule has 0 bridgehead atoms. The van der Waals surface area contributed by atoms with Crippen molar-refractivity contribution in [2.24, 2.45) is 5.18 Å². The van der Waals surface area contributed by atoms with E-state index >= 15 is 0 Å². The van der Waals surface area contributed by atoms with Crippen LogP contribution in [0.25, 0.3) is 0 Å². The maximum absolute atomic E-state index is 9.90. The van der Waals surface area contributed by atoms with Crippen LogP contribution >= 0.6 is 23.5 Å². The molecule has 0 spiro atoms. The van der Waals surface area contributed by atoms with Gasteiger partial charge in [0.2, 0.25) is 0 Å². The number of rotatable bonds is 1. The van der Waals surface area contributed by atoms with E-state index in [1.54, 1.807) is 0 Å². The molecule has 0 aromatic carbocycles. The molecule has 5 heteroatoms. The zero-order valence-corrected chi connectivity index (χ0v) is 6.32. The average molecular weight is 165 g/mol. The smallest absolute Gasteiger partial charge is 0.146 e. The highest BCUT2D eigenvalue weighted by atomic mass is 32.2. The minimum atomic E-state index is -0.298. The quantitative estimate of drug-likeness (QED) is 0.586. The van der Waals surface area contributed by atoms with Crippen molar-refractivity contribution in [3.63, 3.8) is 0 Å². The molecular formula is C4H7NO2S2. The van der Waals surface area contributed by atoms with Crippen molar-refractivity contribution in [2.45, 2.75) is 10.8 Å². The van der Waals surface area contributed by atoms with Gasteiger partial charge in [-0.15, -0.1) is 28.4 Å². The van der Waals surface area contributed by atoms with Gasteiger partial charge in [0, 0.05) is 11.5 Å². The first-order valence-corrected chi connectivity index (χ1v) is 4.66. The molecule has 1 heterocycles. The molecule has 2 atom stereocenters. The normalized spacial score (nSPS) is 36.1. The van der Waals surface area contributed by atoms with Crippen LogP contribution < -0.4 is 0 Å². The number of nitroso groups, excluding NO2 is 1. The fourth-order valence-corrected chi connectivity index (χ4v) is 2.68. The molecule has 0 amide bonds. The third-order valence-electron chi connectivity index (χ3n) is 0.980. The number of thioether (sulfide) groups is 2. The van der Waals surface area contributed by atoms with Gasteiger partial charge in [0.1, 0.15) is 10.8 Å². The lowest BCUT2D eigenvalue weighted by Crippen LogP contribution is -2.18. The molecule has 52 valence electrons. The number of aliphatic hydroxyl groups excluding tert-OH is 1. The predicted molar refractivity (Wildman–Crippen MR) is 40.5 cm³/mol. The van der Waals surface area contributed by atoms with Gasteiger partial charge in [-0.3, -0.25) is 0 Å². The maximum Gasteiger partial charge on any atom is 0.146 e. The van der Waals surface area contributed by atoms with E-state index < -0.39 is 0 Å². The Labute approximate surface area is 61.6 Å². The Morgan fingerprint density at radius 3 is 2.67 bits per heavy atom. The Morgan fingerprint density at radius 2 is 2.22 bits per heavy atom. The molecule has 0 aliphatic carbocycles. The Bertz CT molecular complexity index is 103. The van der Waals surface area contributed by atoms with Gasteiger partial charge in [-0.25, -0.2) is 0 Å². The molecule has 0 saturated carbocycles. The summed E-state index contributed by atoms with van der Waals surface area (Å²) in [5.74, 6) is 1.27. The van der Waals surface area contributed by atoms with Gasteiger partial charge in [-0.1, -0.05) is 5.18 Å². The van der Waals surface area contributed by atoms with Crippen LogP contribution in [-0.4, -0.2) is 27.4 Å². The van der Waals surface area contributed by atoms with E-state index in [1.807, 2.05) is 0 Å². The summed E-state index contributed by atoms with van der Waals surface area (Å²) in [7, 11) is 0.